The molecular formula is C10H17N3S. The summed E-state index contributed by atoms with van der Waals surface area (Å²) in [6.45, 7) is 5.25. The Morgan fingerprint density at radius 2 is 2.29 bits per heavy atom. The summed E-state index contributed by atoms with van der Waals surface area (Å²) in [4.78, 5) is 5.73. The zero-order chi connectivity index (χ0) is 10.3. The summed E-state index contributed by atoms with van der Waals surface area (Å²) in [5.41, 5.74) is 13.0. The van der Waals surface area contributed by atoms with Crippen molar-refractivity contribution in [2.24, 2.45) is 11.1 Å². The fourth-order valence-corrected chi connectivity index (χ4v) is 3.47. The minimum atomic E-state index is 0.343. The van der Waals surface area contributed by atoms with Gasteiger partial charge < -0.3 is 11.5 Å². The summed E-state index contributed by atoms with van der Waals surface area (Å²) >= 11 is 1.62. The minimum absolute atomic E-state index is 0.343. The number of nitrogens with two attached hydrogens (primary N) is 2. The van der Waals surface area contributed by atoms with Crippen LogP contribution in [-0.4, -0.2) is 11.5 Å². The molecule has 0 radical (unpaired) electrons. The third-order valence-electron chi connectivity index (χ3n) is 2.85. The maximum atomic E-state index is 5.77. The van der Waals surface area contributed by atoms with Crippen LogP contribution in [0.4, 0.5) is 5.13 Å². The number of anilines is 1. The Morgan fingerprint density at radius 1 is 1.57 bits per heavy atom. The lowest BCUT2D eigenvalue weighted by atomic mass is 9.73. The average molecular weight is 211 g/mol. The SMILES string of the molecule is CC1(C)Cc2sc(N)nc2C(CN)C1. The van der Waals surface area contributed by atoms with Crippen LogP contribution in [0.3, 0.4) is 0 Å². The normalized spacial score (nSPS) is 24.6. The van der Waals surface area contributed by atoms with Crippen molar-refractivity contribution in [1.29, 1.82) is 0 Å². The van der Waals surface area contributed by atoms with Gasteiger partial charge in [0, 0.05) is 17.3 Å². The summed E-state index contributed by atoms with van der Waals surface area (Å²) in [5, 5.41) is 0.686. The van der Waals surface area contributed by atoms with Crippen molar-refractivity contribution in [3.05, 3.63) is 10.6 Å². The lowest BCUT2D eigenvalue weighted by Gasteiger charge is -2.33. The van der Waals surface area contributed by atoms with Crippen molar-refractivity contribution in [2.45, 2.75) is 32.6 Å². The standard InChI is InChI=1S/C10H17N3S/c1-10(2)3-6(5-11)8-7(4-10)14-9(12)13-8/h6H,3-5,11H2,1-2H3,(H2,12,13). The zero-order valence-corrected chi connectivity index (χ0v) is 9.53. The van der Waals surface area contributed by atoms with Gasteiger partial charge >= 0.3 is 0 Å². The first-order valence-corrected chi connectivity index (χ1v) is 5.78. The summed E-state index contributed by atoms with van der Waals surface area (Å²) < 4.78 is 0. The highest BCUT2D eigenvalue weighted by molar-refractivity contribution is 7.15. The van der Waals surface area contributed by atoms with Gasteiger partial charge in [-0.25, -0.2) is 4.98 Å². The Morgan fingerprint density at radius 3 is 2.93 bits per heavy atom. The van der Waals surface area contributed by atoms with Crippen LogP contribution in [-0.2, 0) is 6.42 Å². The van der Waals surface area contributed by atoms with Crippen molar-refractivity contribution in [2.75, 3.05) is 12.3 Å². The molecule has 0 saturated carbocycles. The highest BCUT2D eigenvalue weighted by Gasteiger charge is 2.33. The van der Waals surface area contributed by atoms with E-state index in [9.17, 15) is 0 Å². The van der Waals surface area contributed by atoms with E-state index in [1.54, 1.807) is 11.3 Å². The molecule has 1 aromatic rings. The summed E-state index contributed by atoms with van der Waals surface area (Å²) in [6.07, 6.45) is 2.22. The van der Waals surface area contributed by atoms with Crippen molar-refractivity contribution < 1.29 is 0 Å². The zero-order valence-electron chi connectivity index (χ0n) is 8.71. The number of aromatic nitrogens is 1. The van der Waals surface area contributed by atoms with Crippen LogP contribution in [0.2, 0.25) is 0 Å². The van der Waals surface area contributed by atoms with Gasteiger partial charge in [0.1, 0.15) is 0 Å². The number of rotatable bonds is 1. The maximum Gasteiger partial charge on any atom is 0.180 e. The lowest BCUT2D eigenvalue weighted by Crippen LogP contribution is -2.28. The molecule has 0 spiro atoms. The van der Waals surface area contributed by atoms with E-state index in [0.29, 0.717) is 23.0 Å². The van der Waals surface area contributed by atoms with Crippen molar-refractivity contribution in [3.63, 3.8) is 0 Å². The van der Waals surface area contributed by atoms with Gasteiger partial charge in [-0.2, -0.15) is 0 Å². The van der Waals surface area contributed by atoms with Crippen LogP contribution in [0, 0.1) is 5.41 Å². The third-order valence-corrected chi connectivity index (χ3v) is 3.75. The van der Waals surface area contributed by atoms with Crippen LogP contribution in [0.25, 0.3) is 0 Å². The van der Waals surface area contributed by atoms with Gasteiger partial charge in [0.2, 0.25) is 0 Å². The third kappa shape index (κ3) is 1.64. The summed E-state index contributed by atoms with van der Waals surface area (Å²) in [5.74, 6) is 0.405. The monoisotopic (exact) mass is 211 g/mol. The van der Waals surface area contributed by atoms with Gasteiger partial charge in [-0.1, -0.05) is 13.8 Å². The Kier molecular flexibility index (Phi) is 2.27. The molecule has 0 saturated heterocycles. The molecule has 0 amide bonds. The number of nitrogens with zero attached hydrogens (tertiary/aromatic N) is 1. The number of thiazole rings is 1. The molecular weight excluding hydrogens is 194 g/mol. The summed E-state index contributed by atoms with van der Waals surface area (Å²) in [6, 6.07) is 0. The Labute approximate surface area is 88.5 Å². The fraction of sp³-hybridized carbons (Fsp3) is 0.700. The van der Waals surface area contributed by atoms with E-state index in [0.717, 1.165) is 18.5 Å². The molecule has 4 heteroatoms. The van der Waals surface area contributed by atoms with E-state index in [2.05, 4.69) is 18.8 Å². The van der Waals surface area contributed by atoms with E-state index in [-0.39, 0.29) is 0 Å². The van der Waals surface area contributed by atoms with Gasteiger partial charge in [-0.15, -0.1) is 11.3 Å². The maximum absolute atomic E-state index is 5.77. The molecule has 78 valence electrons. The first-order chi connectivity index (χ1) is 6.52. The van der Waals surface area contributed by atoms with Crippen LogP contribution in [0.15, 0.2) is 0 Å². The molecule has 14 heavy (non-hydrogen) atoms. The number of nitrogen functional groups attached to an aromatic ring is 1. The molecule has 3 nitrogen and oxygen atoms in total. The van der Waals surface area contributed by atoms with Gasteiger partial charge in [0.05, 0.1) is 5.69 Å². The Bertz CT molecular complexity index is 343. The van der Waals surface area contributed by atoms with E-state index < -0.39 is 0 Å². The molecule has 1 aliphatic rings. The molecule has 1 aromatic heterocycles. The van der Waals surface area contributed by atoms with Crippen LogP contribution < -0.4 is 11.5 Å². The first kappa shape index (κ1) is 9.93. The minimum Gasteiger partial charge on any atom is -0.375 e. The van der Waals surface area contributed by atoms with E-state index in [1.807, 2.05) is 0 Å². The second kappa shape index (κ2) is 3.21. The van der Waals surface area contributed by atoms with Crippen molar-refractivity contribution in [1.82, 2.24) is 4.98 Å². The molecule has 4 N–H and O–H groups in total. The predicted molar refractivity (Wildman–Crippen MR) is 60.4 cm³/mol. The molecule has 2 rings (SSSR count). The Hall–Kier alpha value is -0.610. The quantitative estimate of drug-likeness (QED) is 0.743. The molecule has 1 heterocycles. The van der Waals surface area contributed by atoms with E-state index in [4.69, 9.17) is 11.5 Å². The molecule has 0 aromatic carbocycles. The van der Waals surface area contributed by atoms with Crippen LogP contribution in [0.5, 0.6) is 0 Å². The largest absolute Gasteiger partial charge is 0.375 e. The molecule has 0 fully saturated rings. The van der Waals surface area contributed by atoms with E-state index in [1.165, 1.54) is 4.88 Å². The van der Waals surface area contributed by atoms with Crippen LogP contribution in [0.1, 0.15) is 36.8 Å². The van der Waals surface area contributed by atoms with Gasteiger partial charge in [-0.05, 0) is 18.3 Å². The molecule has 0 aliphatic heterocycles. The number of fused-ring (bicyclic) bond motifs is 1. The highest BCUT2D eigenvalue weighted by Crippen LogP contribution is 2.43. The average Bonchev–Trinajstić information content (AvgIpc) is 2.41. The highest BCUT2D eigenvalue weighted by atomic mass is 32.1. The smallest absolute Gasteiger partial charge is 0.180 e. The Balaban J connectivity index is 2.40. The van der Waals surface area contributed by atoms with Gasteiger partial charge in [-0.3, -0.25) is 0 Å². The molecule has 0 bridgehead atoms. The molecule has 1 unspecified atom stereocenters. The van der Waals surface area contributed by atoms with Crippen molar-refractivity contribution >= 4 is 16.5 Å². The first-order valence-electron chi connectivity index (χ1n) is 4.97. The molecule has 1 aliphatic carbocycles. The fourth-order valence-electron chi connectivity index (χ4n) is 2.29. The van der Waals surface area contributed by atoms with Crippen LogP contribution >= 0.6 is 11.3 Å². The van der Waals surface area contributed by atoms with Crippen molar-refractivity contribution in [3.8, 4) is 0 Å². The van der Waals surface area contributed by atoms with Gasteiger partial charge in [0.25, 0.3) is 0 Å². The topological polar surface area (TPSA) is 64.9 Å². The summed E-state index contributed by atoms with van der Waals surface area (Å²) in [7, 11) is 0. The van der Waals surface area contributed by atoms with Gasteiger partial charge in [0.15, 0.2) is 5.13 Å². The lowest BCUT2D eigenvalue weighted by molar-refractivity contribution is 0.283. The molecule has 1 atom stereocenters. The number of hydrogen-bond acceptors (Lipinski definition) is 4. The predicted octanol–water partition coefficient (Wildman–Crippen LogP) is 1.74. The second-order valence-corrected chi connectivity index (χ2v) is 5.95. The second-order valence-electron chi connectivity index (χ2n) is 4.84. The number of hydrogen-bond donors (Lipinski definition) is 2. The van der Waals surface area contributed by atoms with E-state index >= 15 is 0 Å².